The second-order valence-electron chi connectivity index (χ2n) is 14.5. The molecule has 1 atom stereocenters. The van der Waals surface area contributed by atoms with Gasteiger partial charge in [0.2, 0.25) is 0 Å². The predicted molar refractivity (Wildman–Crippen MR) is 233 cm³/mol. The molecule has 55 heavy (non-hydrogen) atoms. The van der Waals surface area contributed by atoms with Crippen molar-refractivity contribution < 1.29 is 28.6 Å². The van der Waals surface area contributed by atoms with Crippen LogP contribution in [0.25, 0.3) is 0 Å². The topological polar surface area (TPSA) is 78.9 Å². The van der Waals surface area contributed by atoms with E-state index in [1.165, 1.54) is 51.4 Å². The van der Waals surface area contributed by atoms with Crippen LogP contribution in [0.1, 0.15) is 201 Å². The molecule has 0 aliphatic carbocycles. The summed E-state index contributed by atoms with van der Waals surface area (Å²) in [5.74, 6) is -0.954. The highest BCUT2D eigenvalue weighted by Gasteiger charge is 2.19. The van der Waals surface area contributed by atoms with Crippen LogP contribution >= 0.6 is 0 Å². The van der Waals surface area contributed by atoms with Gasteiger partial charge in [0.15, 0.2) is 6.10 Å². The highest BCUT2D eigenvalue weighted by atomic mass is 16.6. The molecule has 0 aromatic heterocycles. The van der Waals surface area contributed by atoms with Crippen LogP contribution in [0.4, 0.5) is 0 Å². The van der Waals surface area contributed by atoms with Crippen molar-refractivity contribution in [3.8, 4) is 0 Å². The molecule has 0 heterocycles. The lowest BCUT2D eigenvalue weighted by Crippen LogP contribution is -2.30. The Morgan fingerprint density at radius 1 is 0.382 bits per heavy atom. The fraction of sp³-hybridized carbons (Fsp3) is 0.694. The summed E-state index contributed by atoms with van der Waals surface area (Å²) < 4.78 is 16.6. The smallest absolute Gasteiger partial charge is 0.306 e. The van der Waals surface area contributed by atoms with Gasteiger partial charge >= 0.3 is 17.9 Å². The van der Waals surface area contributed by atoms with Gasteiger partial charge in [-0.15, -0.1) is 0 Å². The second kappa shape index (κ2) is 43.6. The molecule has 0 aliphatic heterocycles. The molecule has 314 valence electrons. The first-order chi connectivity index (χ1) is 27.0. The monoisotopic (exact) mass is 767 g/mol. The molecule has 0 aromatic rings. The SMILES string of the molecule is CC/C=C\C/C=C\C/C=C\C/C=C\CCCCCCCCC(=O)OCC(COC(=O)CCCCCCCCCCC)OC(=O)CCCC/C=C\C/C=C\CC. The Bertz CT molecular complexity index is 1070. The van der Waals surface area contributed by atoms with Crippen LogP contribution in [0, 0.1) is 0 Å². The van der Waals surface area contributed by atoms with Crippen LogP contribution in [-0.2, 0) is 28.6 Å². The number of unbranched alkanes of at least 4 members (excludes halogenated alkanes) is 16. The number of esters is 3. The summed E-state index contributed by atoms with van der Waals surface area (Å²) in [7, 11) is 0. The molecule has 0 aliphatic rings. The lowest BCUT2D eigenvalue weighted by Gasteiger charge is -2.18. The van der Waals surface area contributed by atoms with E-state index in [1.54, 1.807) is 0 Å². The first kappa shape index (κ1) is 51.9. The van der Waals surface area contributed by atoms with E-state index in [9.17, 15) is 14.4 Å². The highest BCUT2D eigenvalue weighted by Crippen LogP contribution is 2.13. The fourth-order valence-electron chi connectivity index (χ4n) is 5.88. The maximum Gasteiger partial charge on any atom is 0.306 e. The summed E-state index contributed by atoms with van der Waals surface area (Å²) in [5, 5.41) is 0. The zero-order chi connectivity index (χ0) is 40.1. The average molecular weight is 767 g/mol. The third-order valence-corrected chi connectivity index (χ3v) is 9.21. The Morgan fingerprint density at radius 3 is 1.15 bits per heavy atom. The minimum atomic E-state index is -0.793. The summed E-state index contributed by atoms with van der Waals surface area (Å²) in [6.45, 7) is 6.31. The molecule has 0 saturated carbocycles. The maximum atomic E-state index is 12.6. The summed E-state index contributed by atoms with van der Waals surface area (Å²) in [6, 6.07) is 0. The van der Waals surface area contributed by atoms with Crippen molar-refractivity contribution in [2.75, 3.05) is 13.2 Å². The van der Waals surface area contributed by atoms with Crippen molar-refractivity contribution in [1.82, 2.24) is 0 Å². The third kappa shape index (κ3) is 41.8. The first-order valence-corrected chi connectivity index (χ1v) is 22.4. The normalized spacial score (nSPS) is 12.7. The lowest BCUT2D eigenvalue weighted by atomic mass is 10.1. The summed E-state index contributed by atoms with van der Waals surface area (Å²) in [4.78, 5) is 37.6. The Morgan fingerprint density at radius 2 is 0.709 bits per heavy atom. The van der Waals surface area contributed by atoms with E-state index in [-0.39, 0.29) is 37.5 Å². The van der Waals surface area contributed by atoms with Gasteiger partial charge in [-0.05, 0) is 83.5 Å². The summed E-state index contributed by atoms with van der Waals surface area (Å²) in [6.07, 6.45) is 53.3. The van der Waals surface area contributed by atoms with Crippen LogP contribution in [0.3, 0.4) is 0 Å². The van der Waals surface area contributed by atoms with Crippen molar-refractivity contribution in [3.63, 3.8) is 0 Å². The van der Waals surface area contributed by atoms with E-state index in [1.807, 2.05) is 0 Å². The molecular formula is C49H82O6. The Labute approximate surface area is 338 Å². The molecule has 0 aromatic carbocycles. The van der Waals surface area contributed by atoms with Gasteiger partial charge in [0.25, 0.3) is 0 Å². The second-order valence-corrected chi connectivity index (χ2v) is 14.5. The largest absolute Gasteiger partial charge is 0.462 e. The number of carbonyl (C=O) groups excluding carboxylic acids is 3. The van der Waals surface area contributed by atoms with Crippen molar-refractivity contribution in [2.45, 2.75) is 207 Å². The quantitative estimate of drug-likeness (QED) is 0.0268. The van der Waals surface area contributed by atoms with Crippen LogP contribution in [0.2, 0.25) is 0 Å². The molecule has 0 rings (SSSR count). The minimum absolute atomic E-state index is 0.0930. The standard InChI is InChI=1S/C49H82O6/c1-4-7-10-13-16-19-20-21-22-23-24-25-26-27-28-31-33-36-39-42-48(51)54-45-46(55-49(52)43-40-37-34-30-18-15-12-9-6-3)44-53-47(50)41-38-35-32-29-17-14-11-8-5-2/h7,9-10,12,16,18-19,21-22,24-25,30,46H,4-6,8,11,13-15,17,20,23,26-29,31-45H2,1-3H3/b10-7-,12-9-,19-16-,22-21-,25-24-,30-18-. The van der Waals surface area contributed by atoms with Crippen molar-refractivity contribution in [2.24, 2.45) is 0 Å². The fourth-order valence-corrected chi connectivity index (χ4v) is 5.88. The van der Waals surface area contributed by atoms with Gasteiger partial charge in [-0.1, -0.05) is 171 Å². The van der Waals surface area contributed by atoms with Gasteiger partial charge in [0.05, 0.1) is 0 Å². The van der Waals surface area contributed by atoms with Crippen LogP contribution in [-0.4, -0.2) is 37.2 Å². The van der Waals surface area contributed by atoms with E-state index >= 15 is 0 Å². The number of allylic oxidation sites excluding steroid dienone is 12. The van der Waals surface area contributed by atoms with Gasteiger partial charge in [-0.3, -0.25) is 14.4 Å². The predicted octanol–water partition coefficient (Wildman–Crippen LogP) is 14.3. The van der Waals surface area contributed by atoms with Gasteiger partial charge in [0.1, 0.15) is 13.2 Å². The van der Waals surface area contributed by atoms with Crippen LogP contribution in [0.5, 0.6) is 0 Å². The zero-order valence-corrected chi connectivity index (χ0v) is 35.7. The highest BCUT2D eigenvalue weighted by molar-refractivity contribution is 5.71. The van der Waals surface area contributed by atoms with Crippen molar-refractivity contribution in [3.05, 3.63) is 72.9 Å². The molecule has 0 amide bonds. The summed E-state index contributed by atoms with van der Waals surface area (Å²) in [5.41, 5.74) is 0. The van der Waals surface area contributed by atoms with Gasteiger partial charge in [-0.2, -0.15) is 0 Å². The number of rotatable bonds is 39. The average Bonchev–Trinajstić information content (AvgIpc) is 3.18. The molecule has 0 radical (unpaired) electrons. The van der Waals surface area contributed by atoms with Crippen LogP contribution < -0.4 is 0 Å². The molecule has 0 bridgehead atoms. The van der Waals surface area contributed by atoms with Crippen LogP contribution in [0.15, 0.2) is 72.9 Å². The van der Waals surface area contributed by atoms with Crippen molar-refractivity contribution >= 4 is 17.9 Å². The third-order valence-electron chi connectivity index (χ3n) is 9.21. The van der Waals surface area contributed by atoms with Gasteiger partial charge < -0.3 is 14.2 Å². The van der Waals surface area contributed by atoms with E-state index in [4.69, 9.17) is 14.2 Å². The Kier molecular flexibility index (Phi) is 41.1. The zero-order valence-electron chi connectivity index (χ0n) is 35.7. The summed E-state index contributed by atoms with van der Waals surface area (Å²) >= 11 is 0. The minimum Gasteiger partial charge on any atom is -0.462 e. The van der Waals surface area contributed by atoms with E-state index in [0.717, 1.165) is 103 Å². The molecule has 0 N–H and O–H groups in total. The number of hydrogen-bond donors (Lipinski definition) is 0. The van der Waals surface area contributed by atoms with Gasteiger partial charge in [0, 0.05) is 19.3 Å². The molecule has 0 spiro atoms. The van der Waals surface area contributed by atoms with Crippen molar-refractivity contribution in [1.29, 1.82) is 0 Å². The number of carbonyl (C=O) groups is 3. The number of ether oxygens (including phenoxy) is 3. The Balaban J connectivity index is 4.33. The molecule has 0 fully saturated rings. The van der Waals surface area contributed by atoms with E-state index in [2.05, 4.69) is 93.7 Å². The molecular weight excluding hydrogens is 685 g/mol. The van der Waals surface area contributed by atoms with E-state index in [0.29, 0.717) is 19.3 Å². The maximum absolute atomic E-state index is 12.6. The Hall–Kier alpha value is -3.15. The molecule has 1 unspecified atom stereocenters. The van der Waals surface area contributed by atoms with Gasteiger partial charge in [-0.25, -0.2) is 0 Å². The van der Waals surface area contributed by atoms with E-state index < -0.39 is 6.10 Å². The lowest BCUT2D eigenvalue weighted by molar-refractivity contribution is -0.167. The first-order valence-electron chi connectivity index (χ1n) is 22.4. The number of hydrogen-bond acceptors (Lipinski definition) is 6. The molecule has 0 saturated heterocycles. The molecule has 6 heteroatoms. The molecule has 6 nitrogen and oxygen atoms in total.